The van der Waals surface area contributed by atoms with Gasteiger partial charge in [-0.15, -0.1) is 0 Å². The Morgan fingerprint density at radius 1 is 0.900 bits per heavy atom. The van der Waals surface area contributed by atoms with Gasteiger partial charge in [0.1, 0.15) is 12.6 Å². The van der Waals surface area contributed by atoms with Gasteiger partial charge in [-0.2, -0.15) is 0 Å². The van der Waals surface area contributed by atoms with Gasteiger partial charge in [-0.25, -0.2) is 0 Å². The fourth-order valence-corrected chi connectivity index (χ4v) is 1.77. The van der Waals surface area contributed by atoms with Gasteiger partial charge < -0.3 is 9.59 Å². The van der Waals surface area contributed by atoms with Crippen LogP contribution in [0.15, 0.2) is 30.3 Å². The van der Waals surface area contributed by atoms with Gasteiger partial charge in [0.05, 0.1) is 0 Å². The molecule has 0 aromatic heterocycles. The summed E-state index contributed by atoms with van der Waals surface area (Å²) in [7, 11) is 0. The Balaban J connectivity index is 0. The summed E-state index contributed by atoms with van der Waals surface area (Å²) in [5, 5.41) is 0. The average Bonchev–Trinajstić information content (AvgIpc) is 2.52. The van der Waals surface area contributed by atoms with E-state index in [-0.39, 0.29) is 5.78 Å². The van der Waals surface area contributed by atoms with Crippen molar-refractivity contribution in [2.45, 2.75) is 65.7 Å². The molecule has 1 aliphatic carbocycles. The van der Waals surface area contributed by atoms with Crippen molar-refractivity contribution in [2.24, 2.45) is 0 Å². The van der Waals surface area contributed by atoms with E-state index in [4.69, 9.17) is 4.79 Å². The molecule has 2 heteroatoms. The minimum absolute atomic E-state index is 0.167. The number of benzene rings is 1. The zero-order valence-corrected chi connectivity index (χ0v) is 13.4. The third-order valence-electron chi connectivity index (χ3n) is 2.75. The first kappa shape index (κ1) is 20.9. The van der Waals surface area contributed by atoms with Crippen LogP contribution in [-0.4, -0.2) is 12.6 Å². The summed E-state index contributed by atoms with van der Waals surface area (Å²) in [5.74, 6) is 0.167. The van der Waals surface area contributed by atoms with Gasteiger partial charge in [0.25, 0.3) is 0 Å². The minimum Gasteiger partial charge on any atom is -0.307 e. The van der Waals surface area contributed by atoms with Crippen molar-refractivity contribution >= 4 is 12.6 Å². The lowest BCUT2D eigenvalue weighted by atomic mass is 10.0. The van der Waals surface area contributed by atoms with Gasteiger partial charge in [0.15, 0.2) is 0 Å². The lowest BCUT2D eigenvalue weighted by Crippen LogP contribution is -1.85. The Hall–Kier alpha value is -1.44. The number of ketones is 1. The highest BCUT2D eigenvalue weighted by Gasteiger charge is 1.95. The monoisotopic (exact) mass is 278 g/mol. The Labute approximate surface area is 124 Å². The topological polar surface area (TPSA) is 34.1 Å². The Morgan fingerprint density at radius 3 is 1.40 bits per heavy atom. The molecule has 0 heterocycles. The predicted octanol–water partition coefficient (Wildman–Crippen LogP) is 5.00. The largest absolute Gasteiger partial charge is 0.307 e. The molecule has 0 aliphatic heterocycles. The number of carbonyl (C=O) groups excluding carboxylic acids is 2. The molecule has 114 valence electrons. The predicted molar refractivity (Wildman–Crippen MR) is 87.0 cm³/mol. The molecule has 2 rings (SSSR count). The van der Waals surface area contributed by atoms with Crippen LogP contribution in [-0.2, 0) is 16.0 Å². The maximum atomic E-state index is 9.44. The summed E-state index contributed by atoms with van der Waals surface area (Å²) in [6, 6.07) is 10.5. The summed E-state index contributed by atoms with van der Waals surface area (Å²) >= 11 is 0. The normalized spacial score (nSPS) is 12.3. The average molecular weight is 278 g/mol. The van der Waals surface area contributed by atoms with E-state index in [2.05, 4.69) is 31.2 Å². The van der Waals surface area contributed by atoms with Crippen LogP contribution in [0.4, 0.5) is 0 Å². The molecule has 20 heavy (non-hydrogen) atoms. The maximum Gasteiger partial charge on any atom is 0.126 e. The van der Waals surface area contributed by atoms with Gasteiger partial charge in [0, 0.05) is 0 Å². The van der Waals surface area contributed by atoms with Crippen LogP contribution in [0.3, 0.4) is 0 Å². The second kappa shape index (κ2) is 17.6. The van der Waals surface area contributed by atoms with E-state index >= 15 is 0 Å². The lowest BCUT2D eigenvalue weighted by Gasteiger charge is -2.05. The van der Waals surface area contributed by atoms with Gasteiger partial charge in [-0.3, -0.25) is 0 Å². The van der Waals surface area contributed by atoms with E-state index in [1.165, 1.54) is 57.9 Å². The van der Waals surface area contributed by atoms with E-state index in [1.807, 2.05) is 12.9 Å². The number of Topliss-reactive ketones (excluding diaryl/α,β-unsaturated/α-hetero) is 1. The van der Waals surface area contributed by atoms with Gasteiger partial charge >= 0.3 is 0 Å². The number of hydrogen-bond acceptors (Lipinski definition) is 2. The quantitative estimate of drug-likeness (QED) is 0.724. The van der Waals surface area contributed by atoms with Crippen LogP contribution in [0.25, 0.3) is 0 Å². The standard InChI is InChI=1S/C8H10.C6H12.C3H6O.CH2O/c1-2-8-6-4-3-5-7-8;1-2-4-6-5-3-1;1-3(2)4;1-2/h3-7H,2H2,1H3;1-6H2;1-2H3;1H2. The zero-order valence-electron chi connectivity index (χ0n) is 13.4. The number of hydrogen-bond donors (Lipinski definition) is 0. The van der Waals surface area contributed by atoms with Crippen molar-refractivity contribution < 1.29 is 9.59 Å². The van der Waals surface area contributed by atoms with Crippen molar-refractivity contribution in [3.63, 3.8) is 0 Å². The summed E-state index contributed by atoms with van der Waals surface area (Å²) in [4.78, 5) is 17.4. The molecular weight excluding hydrogens is 248 g/mol. The smallest absolute Gasteiger partial charge is 0.126 e. The highest BCUT2D eigenvalue weighted by Crippen LogP contribution is 2.15. The van der Waals surface area contributed by atoms with Crippen molar-refractivity contribution in [3.8, 4) is 0 Å². The molecule has 2 nitrogen and oxygen atoms in total. The molecule has 0 amide bonds. The van der Waals surface area contributed by atoms with Crippen molar-refractivity contribution in [3.05, 3.63) is 35.9 Å². The summed E-state index contributed by atoms with van der Waals surface area (Å²) < 4.78 is 0. The molecule has 0 saturated heterocycles. The van der Waals surface area contributed by atoms with E-state index in [0.29, 0.717) is 0 Å². The van der Waals surface area contributed by atoms with E-state index < -0.39 is 0 Å². The van der Waals surface area contributed by atoms with Crippen LogP contribution in [0.5, 0.6) is 0 Å². The van der Waals surface area contributed by atoms with Crippen molar-refractivity contribution in [1.82, 2.24) is 0 Å². The SMILES string of the molecule is C1CCCCC1.C=O.CC(C)=O.CCc1ccccc1. The lowest BCUT2D eigenvalue weighted by molar-refractivity contribution is -0.115. The van der Waals surface area contributed by atoms with Crippen LogP contribution in [0.1, 0.15) is 64.9 Å². The van der Waals surface area contributed by atoms with Crippen LogP contribution in [0.2, 0.25) is 0 Å². The maximum absolute atomic E-state index is 9.44. The molecule has 0 radical (unpaired) electrons. The second-order valence-electron chi connectivity index (χ2n) is 4.87. The molecule has 1 aromatic rings. The second-order valence-corrected chi connectivity index (χ2v) is 4.87. The van der Waals surface area contributed by atoms with Gasteiger partial charge in [-0.05, 0) is 25.8 Å². The number of carbonyl (C=O) groups is 2. The Bertz CT molecular complexity index is 287. The van der Waals surface area contributed by atoms with Crippen molar-refractivity contribution in [2.75, 3.05) is 0 Å². The van der Waals surface area contributed by atoms with Crippen LogP contribution in [0, 0.1) is 0 Å². The molecule has 1 aromatic carbocycles. The highest BCUT2D eigenvalue weighted by atomic mass is 16.1. The van der Waals surface area contributed by atoms with E-state index in [0.717, 1.165) is 6.42 Å². The molecule has 0 unspecified atom stereocenters. The highest BCUT2D eigenvalue weighted by molar-refractivity contribution is 5.72. The fourth-order valence-electron chi connectivity index (χ4n) is 1.77. The fraction of sp³-hybridized carbons (Fsp3) is 0.556. The van der Waals surface area contributed by atoms with Crippen LogP contribution < -0.4 is 0 Å². The van der Waals surface area contributed by atoms with Gasteiger partial charge in [-0.1, -0.05) is 75.8 Å². The summed E-state index contributed by atoms with van der Waals surface area (Å²) in [5.41, 5.74) is 1.41. The third kappa shape index (κ3) is 18.9. The summed E-state index contributed by atoms with van der Waals surface area (Å²) in [6.45, 7) is 7.22. The molecule has 0 bridgehead atoms. The summed E-state index contributed by atoms with van der Waals surface area (Å²) in [6.07, 6.45) is 10.1. The Morgan fingerprint density at radius 2 is 1.20 bits per heavy atom. The molecule has 1 aliphatic rings. The first-order chi connectivity index (χ1) is 9.66. The minimum atomic E-state index is 0.167. The van der Waals surface area contributed by atoms with Crippen LogP contribution >= 0.6 is 0 Å². The first-order valence-electron chi connectivity index (χ1n) is 7.46. The van der Waals surface area contributed by atoms with Crippen molar-refractivity contribution in [1.29, 1.82) is 0 Å². The zero-order chi connectivity index (χ0) is 15.6. The molecular formula is C18H30O2. The molecule has 0 spiro atoms. The number of aryl methyl sites for hydroxylation is 1. The molecule has 1 saturated carbocycles. The number of rotatable bonds is 1. The van der Waals surface area contributed by atoms with E-state index in [9.17, 15) is 4.79 Å². The molecule has 0 N–H and O–H groups in total. The first-order valence-corrected chi connectivity index (χ1v) is 7.46. The van der Waals surface area contributed by atoms with E-state index in [1.54, 1.807) is 0 Å². The molecule has 0 atom stereocenters. The Kier molecular flexibility index (Phi) is 18.3. The molecule has 1 fully saturated rings. The third-order valence-corrected chi connectivity index (χ3v) is 2.75. The van der Waals surface area contributed by atoms with Gasteiger partial charge in [0.2, 0.25) is 0 Å².